The van der Waals surface area contributed by atoms with Crippen LogP contribution in [0.2, 0.25) is 0 Å². The lowest BCUT2D eigenvalue weighted by Gasteiger charge is -2.35. The highest BCUT2D eigenvalue weighted by atomic mass is 32.1. The average Bonchev–Trinajstić information content (AvgIpc) is 2.82. The number of rotatable bonds is 2. The molecule has 1 aliphatic heterocycles. The summed E-state index contributed by atoms with van der Waals surface area (Å²) >= 11 is 1.38. The highest BCUT2D eigenvalue weighted by molar-refractivity contribution is 7.03. The molecule has 2 heterocycles. The summed E-state index contributed by atoms with van der Waals surface area (Å²) in [6.07, 6.45) is 0.833. The molecule has 21 heavy (non-hydrogen) atoms. The second-order valence-electron chi connectivity index (χ2n) is 6.60. The van der Waals surface area contributed by atoms with Crippen LogP contribution in [0.1, 0.15) is 51.0 Å². The molecular weight excluding hydrogens is 288 g/mol. The summed E-state index contributed by atoms with van der Waals surface area (Å²) < 4.78 is 9.59. The molecule has 1 aromatic heterocycles. The van der Waals surface area contributed by atoms with Crippen molar-refractivity contribution in [2.45, 2.75) is 52.2 Å². The van der Waals surface area contributed by atoms with E-state index in [1.54, 1.807) is 4.90 Å². The van der Waals surface area contributed by atoms with Crippen LogP contribution in [0.25, 0.3) is 0 Å². The number of carbonyl (C=O) groups is 1. The van der Waals surface area contributed by atoms with Gasteiger partial charge >= 0.3 is 6.09 Å². The van der Waals surface area contributed by atoms with Crippen molar-refractivity contribution >= 4 is 17.6 Å². The number of aromatic nitrogens is 1. The maximum absolute atomic E-state index is 12.0. The van der Waals surface area contributed by atoms with E-state index in [0.29, 0.717) is 13.1 Å². The van der Waals surface area contributed by atoms with Crippen molar-refractivity contribution in [1.29, 1.82) is 0 Å². The van der Waals surface area contributed by atoms with E-state index in [1.807, 2.05) is 33.1 Å². The third-order valence-corrected chi connectivity index (χ3v) is 4.48. The highest BCUT2D eigenvalue weighted by Crippen LogP contribution is 2.33. The first-order valence-electron chi connectivity index (χ1n) is 7.35. The zero-order valence-corrected chi connectivity index (χ0v) is 13.9. The van der Waals surface area contributed by atoms with Gasteiger partial charge in [0.2, 0.25) is 0 Å². The molecule has 1 unspecified atom stereocenters. The second-order valence-corrected chi connectivity index (χ2v) is 7.23. The van der Waals surface area contributed by atoms with Crippen molar-refractivity contribution in [2.24, 2.45) is 5.92 Å². The molecule has 1 aromatic rings. The van der Waals surface area contributed by atoms with E-state index in [9.17, 15) is 9.90 Å². The molecule has 0 spiro atoms. The Hall–Kier alpha value is -1.14. The molecule has 0 aromatic carbocycles. The van der Waals surface area contributed by atoms with Crippen LogP contribution in [0.3, 0.4) is 0 Å². The molecule has 5 nitrogen and oxygen atoms in total. The number of nitrogens with zero attached hydrogens (tertiary/aromatic N) is 2. The maximum atomic E-state index is 12.0. The lowest BCUT2D eigenvalue weighted by Crippen LogP contribution is -2.42. The van der Waals surface area contributed by atoms with Gasteiger partial charge in [-0.2, -0.15) is 4.37 Å². The van der Waals surface area contributed by atoms with Crippen LogP contribution in [-0.4, -0.2) is 39.2 Å². The lowest BCUT2D eigenvalue weighted by molar-refractivity contribution is 0.00761. The van der Waals surface area contributed by atoms with Gasteiger partial charge in [-0.25, -0.2) is 4.79 Å². The number of likely N-dealkylation sites (tertiary alicyclic amines) is 1. The van der Waals surface area contributed by atoms with Crippen LogP contribution in [0.5, 0.6) is 0 Å². The van der Waals surface area contributed by atoms with Gasteiger partial charge in [0.1, 0.15) is 5.60 Å². The van der Waals surface area contributed by atoms with Gasteiger partial charge in [-0.3, -0.25) is 0 Å². The average molecular weight is 312 g/mol. The van der Waals surface area contributed by atoms with E-state index in [1.165, 1.54) is 11.5 Å². The quantitative estimate of drug-likeness (QED) is 0.911. The predicted molar refractivity (Wildman–Crippen MR) is 82.3 cm³/mol. The first-order valence-corrected chi connectivity index (χ1v) is 8.18. The Labute approximate surface area is 130 Å². The number of hydrogen-bond donors (Lipinski definition) is 1. The summed E-state index contributed by atoms with van der Waals surface area (Å²) in [5.74, 6) is 0.179. The van der Waals surface area contributed by atoms with E-state index >= 15 is 0 Å². The highest BCUT2D eigenvalue weighted by Gasteiger charge is 2.31. The molecule has 1 N–H and O–H groups in total. The minimum atomic E-state index is -0.482. The number of carbonyl (C=O) groups excluding carboxylic acids is 1. The predicted octanol–water partition coefficient (Wildman–Crippen LogP) is 3.13. The molecule has 0 radical (unpaired) electrons. The lowest BCUT2D eigenvalue weighted by atomic mass is 9.88. The fourth-order valence-electron chi connectivity index (χ4n) is 2.56. The fraction of sp³-hybridized carbons (Fsp3) is 0.733. The molecule has 6 heteroatoms. The van der Waals surface area contributed by atoms with Gasteiger partial charge in [0.15, 0.2) is 0 Å². The number of ether oxygens (including phenoxy) is 1. The third-order valence-electron chi connectivity index (χ3n) is 3.74. The summed E-state index contributed by atoms with van der Waals surface area (Å²) in [4.78, 5) is 13.7. The van der Waals surface area contributed by atoms with Gasteiger partial charge in [0.25, 0.3) is 0 Å². The van der Waals surface area contributed by atoms with Crippen molar-refractivity contribution in [3.63, 3.8) is 0 Å². The molecule has 118 valence electrons. The van der Waals surface area contributed by atoms with E-state index < -0.39 is 11.7 Å². The van der Waals surface area contributed by atoms with Gasteiger partial charge in [-0.15, -0.1) is 0 Å². The van der Waals surface area contributed by atoms with Gasteiger partial charge in [0, 0.05) is 24.0 Å². The Bertz CT molecular complexity index is 487. The zero-order valence-electron chi connectivity index (χ0n) is 13.1. The summed E-state index contributed by atoms with van der Waals surface area (Å²) in [6, 6.07) is 0. The van der Waals surface area contributed by atoms with Crippen molar-refractivity contribution < 1.29 is 14.6 Å². The summed E-state index contributed by atoms with van der Waals surface area (Å²) in [7, 11) is 0. The first-order chi connectivity index (χ1) is 9.78. The standard InChI is InChI=1S/C15H24N2O3S/c1-10-12(9-21-16-10)13(18)11-5-7-17(8-6-11)14(19)20-15(2,3)4/h9,11,13,18H,5-8H2,1-4H3. The first kappa shape index (κ1) is 16.2. The number of hydrogen-bond acceptors (Lipinski definition) is 5. The van der Waals surface area contributed by atoms with Crippen LogP contribution >= 0.6 is 11.5 Å². The van der Waals surface area contributed by atoms with Crippen molar-refractivity contribution in [2.75, 3.05) is 13.1 Å². The van der Waals surface area contributed by atoms with Crippen LogP contribution in [0.15, 0.2) is 5.38 Å². The molecule has 1 atom stereocenters. The van der Waals surface area contributed by atoms with E-state index in [0.717, 1.165) is 24.1 Å². The van der Waals surface area contributed by atoms with Crippen LogP contribution in [0, 0.1) is 12.8 Å². The molecule has 0 bridgehead atoms. The molecule has 1 fully saturated rings. The largest absolute Gasteiger partial charge is 0.444 e. The normalized spacial score (nSPS) is 18.6. The Morgan fingerprint density at radius 2 is 2.10 bits per heavy atom. The number of amides is 1. The molecule has 0 saturated carbocycles. The second kappa shape index (κ2) is 6.32. The number of aliphatic hydroxyl groups excluding tert-OH is 1. The molecule has 1 saturated heterocycles. The Balaban J connectivity index is 1.89. The summed E-state index contributed by atoms with van der Waals surface area (Å²) in [5.41, 5.74) is 1.37. The summed E-state index contributed by atoms with van der Waals surface area (Å²) in [5, 5.41) is 12.4. The molecule has 0 aliphatic carbocycles. The monoisotopic (exact) mass is 312 g/mol. The Morgan fingerprint density at radius 1 is 1.48 bits per heavy atom. The van der Waals surface area contributed by atoms with Crippen LogP contribution in [-0.2, 0) is 4.74 Å². The van der Waals surface area contributed by atoms with E-state index in [-0.39, 0.29) is 12.0 Å². The summed E-state index contributed by atoms with van der Waals surface area (Å²) in [6.45, 7) is 8.79. The van der Waals surface area contributed by atoms with Gasteiger partial charge < -0.3 is 14.7 Å². The smallest absolute Gasteiger partial charge is 0.410 e. The van der Waals surface area contributed by atoms with Crippen LogP contribution < -0.4 is 0 Å². The minimum Gasteiger partial charge on any atom is -0.444 e. The van der Waals surface area contributed by atoms with E-state index in [2.05, 4.69) is 4.37 Å². The zero-order chi connectivity index (χ0) is 15.6. The molecule has 1 amide bonds. The van der Waals surface area contributed by atoms with Crippen molar-refractivity contribution in [1.82, 2.24) is 9.27 Å². The van der Waals surface area contributed by atoms with E-state index in [4.69, 9.17) is 4.74 Å². The molecule has 1 aliphatic rings. The topological polar surface area (TPSA) is 62.7 Å². The Kier molecular flexibility index (Phi) is 4.88. The van der Waals surface area contributed by atoms with Gasteiger partial charge in [-0.05, 0) is 58.0 Å². The van der Waals surface area contributed by atoms with Crippen molar-refractivity contribution in [3.05, 3.63) is 16.6 Å². The minimum absolute atomic E-state index is 0.179. The molecular formula is C15H24N2O3S. The van der Waals surface area contributed by atoms with Gasteiger partial charge in [0.05, 0.1) is 11.8 Å². The maximum Gasteiger partial charge on any atom is 0.410 e. The molecule has 2 rings (SSSR count). The van der Waals surface area contributed by atoms with Gasteiger partial charge in [-0.1, -0.05) is 0 Å². The number of piperidine rings is 1. The fourth-order valence-corrected chi connectivity index (χ4v) is 3.30. The van der Waals surface area contributed by atoms with Crippen molar-refractivity contribution in [3.8, 4) is 0 Å². The third kappa shape index (κ3) is 4.17. The number of aryl methyl sites for hydroxylation is 1. The van der Waals surface area contributed by atoms with Crippen LogP contribution in [0.4, 0.5) is 4.79 Å². The number of aliphatic hydroxyl groups is 1. The Morgan fingerprint density at radius 3 is 2.57 bits per heavy atom. The SMILES string of the molecule is Cc1nscc1C(O)C1CCN(C(=O)OC(C)(C)C)CC1.